The van der Waals surface area contributed by atoms with Crippen LogP contribution in [0.2, 0.25) is 0 Å². The highest BCUT2D eigenvalue weighted by Gasteiger charge is 2.71. The van der Waals surface area contributed by atoms with Crippen molar-refractivity contribution in [3.05, 3.63) is 11.6 Å². The molecule has 8 nitrogen and oxygen atoms in total. The summed E-state index contributed by atoms with van der Waals surface area (Å²) < 4.78 is 16.5. The highest BCUT2D eigenvalue weighted by atomic mass is 16.7. The fourth-order valence-corrected chi connectivity index (χ4v) is 9.30. The van der Waals surface area contributed by atoms with E-state index in [-0.39, 0.29) is 60.6 Å². The second-order valence-corrected chi connectivity index (χ2v) is 13.3. The number of hydrogen-bond donors (Lipinski definition) is 0. The van der Waals surface area contributed by atoms with Crippen molar-refractivity contribution in [1.82, 2.24) is 0 Å². The highest BCUT2D eigenvalue weighted by Crippen LogP contribution is 2.67. The zero-order chi connectivity index (χ0) is 28.7. The molecule has 6 atom stereocenters. The Morgan fingerprint density at radius 1 is 0.975 bits per heavy atom. The van der Waals surface area contributed by atoms with Crippen molar-refractivity contribution in [2.24, 2.45) is 34.5 Å². The minimum absolute atomic E-state index is 0.0241. The first-order valence-electron chi connectivity index (χ1n) is 15.4. The Balaban J connectivity index is 1.38. The quantitative estimate of drug-likeness (QED) is 0.350. The van der Waals surface area contributed by atoms with Crippen LogP contribution in [0.25, 0.3) is 0 Å². The molecule has 0 aromatic carbocycles. The molecule has 0 radical (unpaired) electrons. The van der Waals surface area contributed by atoms with Gasteiger partial charge in [-0.25, -0.2) is 4.79 Å². The minimum atomic E-state index is -1.60. The summed E-state index contributed by atoms with van der Waals surface area (Å²) in [6.07, 6.45) is 10.1. The third-order valence-electron chi connectivity index (χ3n) is 11.3. The number of allylic oxidation sites excluding steroid dienone is 1. The molecule has 4 saturated carbocycles. The van der Waals surface area contributed by atoms with E-state index in [1.165, 1.54) is 12.8 Å². The molecule has 5 rings (SSSR count). The Hall–Kier alpha value is -2.51. The smallest absolute Gasteiger partial charge is 0.457 e. The molecule has 0 heterocycles. The number of hydrogen-bond acceptors (Lipinski definition) is 8. The van der Waals surface area contributed by atoms with Gasteiger partial charge in [0.25, 0.3) is 0 Å². The normalized spacial score (nSPS) is 37.2. The van der Waals surface area contributed by atoms with Gasteiger partial charge < -0.3 is 14.2 Å². The third-order valence-corrected chi connectivity index (χ3v) is 11.3. The first-order valence-corrected chi connectivity index (χ1v) is 15.4. The lowest BCUT2D eigenvalue weighted by Gasteiger charge is -2.57. The Bertz CT molecular complexity index is 1100. The lowest BCUT2D eigenvalue weighted by atomic mass is 9.46. The first-order chi connectivity index (χ1) is 19.0. The maximum absolute atomic E-state index is 14.0. The Labute approximate surface area is 236 Å². The van der Waals surface area contributed by atoms with E-state index in [4.69, 9.17) is 14.2 Å². The fourth-order valence-electron chi connectivity index (χ4n) is 9.30. The van der Waals surface area contributed by atoms with Crippen molar-refractivity contribution in [3.63, 3.8) is 0 Å². The summed E-state index contributed by atoms with van der Waals surface area (Å²) in [6, 6.07) is 0. The van der Waals surface area contributed by atoms with Crippen LogP contribution >= 0.6 is 0 Å². The van der Waals surface area contributed by atoms with Crippen molar-refractivity contribution < 1.29 is 38.2 Å². The molecule has 0 aromatic heterocycles. The van der Waals surface area contributed by atoms with Crippen molar-refractivity contribution in [2.45, 2.75) is 110 Å². The molecule has 0 aromatic rings. The van der Waals surface area contributed by atoms with E-state index < -0.39 is 35.5 Å². The van der Waals surface area contributed by atoms with Gasteiger partial charge in [0.05, 0.1) is 6.61 Å². The topological polar surface area (TPSA) is 113 Å². The number of carbonyl (C=O) groups excluding carboxylic acids is 5. The molecule has 0 unspecified atom stereocenters. The van der Waals surface area contributed by atoms with Gasteiger partial charge in [0.15, 0.2) is 18.0 Å². The number of esters is 1. The predicted molar refractivity (Wildman–Crippen MR) is 145 cm³/mol. The number of Topliss-reactive ketones (excluding diaryl/α,β-unsaturated/α-hetero) is 2. The van der Waals surface area contributed by atoms with E-state index in [0.717, 1.165) is 37.7 Å². The van der Waals surface area contributed by atoms with Gasteiger partial charge in [-0.05, 0) is 74.7 Å². The molecule has 0 aliphatic heterocycles. The molecular formula is C32H44O8. The molecule has 5 aliphatic rings. The van der Waals surface area contributed by atoms with Gasteiger partial charge in [0.2, 0.25) is 5.78 Å². The zero-order valence-electron chi connectivity index (χ0n) is 24.3. The van der Waals surface area contributed by atoms with Crippen LogP contribution in [-0.2, 0) is 33.4 Å². The second-order valence-electron chi connectivity index (χ2n) is 13.3. The van der Waals surface area contributed by atoms with Gasteiger partial charge in [-0.3, -0.25) is 19.2 Å². The largest absolute Gasteiger partial charge is 0.509 e. The average molecular weight is 557 g/mol. The van der Waals surface area contributed by atoms with Crippen molar-refractivity contribution >= 4 is 29.5 Å². The van der Waals surface area contributed by atoms with Crippen LogP contribution in [-0.4, -0.2) is 48.3 Å². The van der Waals surface area contributed by atoms with Crippen LogP contribution < -0.4 is 0 Å². The number of carbonyl (C=O) groups is 5. The Morgan fingerprint density at radius 2 is 1.73 bits per heavy atom. The maximum Gasteiger partial charge on any atom is 0.509 e. The highest BCUT2D eigenvalue weighted by molar-refractivity contribution is 5.96. The average Bonchev–Trinajstić information content (AvgIpc) is 3.53. The van der Waals surface area contributed by atoms with Crippen molar-refractivity contribution in [2.75, 3.05) is 13.2 Å². The van der Waals surface area contributed by atoms with Gasteiger partial charge in [0.1, 0.15) is 5.78 Å². The van der Waals surface area contributed by atoms with E-state index >= 15 is 0 Å². The van der Waals surface area contributed by atoms with E-state index in [2.05, 4.69) is 6.92 Å². The van der Waals surface area contributed by atoms with Gasteiger partial charge in [-0.2, -0.15) is 0 Å². The molecule has 4 fully saturated rings. The Morgan fingerprint density at radius 3 is 2.45 bits per heavy atom. The standard InChI is InChI=1S/C32H44O8/c1-4-38-29(37)40-32(26(35)19-39-27(36)12-9-20-7-5-6-8-20)16-14-24-23-11-10-21-17-22(33)13-15-30(21,2)28(23)25(34)18-31(24,32)3/h17,20,23-24,28H,4-16,18-19H2,1-3H3/t23-,24-,28+,30-,31-,32-/m0/s1. The van der Waals surface area contributed by atoms with E-state index in [0.29, 0.717) is 25.2 Å². The molecule has 0 saturated heterocycles. The lowest BCUT2D eigenvalue weighted by molar-refractivity contribution is -0.177. The molecular weight excluding hydrogens is 512 g/mol. The maximum atomic E-state index is 14.0. The van der Waals surface area contributed by atoms with Crippen molar-refractivity contribution in [3.8, 4) is 0 Å². The second kappa shape index (κ2) is 11.1. The summed E-state index contributed by atoms with van der Waals surface area (Å²) in [4.78, 5) is 65.4. The molecule has 5 aliphatic carbocycles. The van der Waals surface area contributed by atoms with Crippen molar-refractivity contribution in [1.29, 1.82) is 0 Å². The van der Waals surface area contributed by atoms with Crippen LogP contribution in [0.5, 0.6) is 0 Å². The molecule has 0 N–H and O–H groups in total. The summed E-state index contributed by atoms with van der Waals surface area (Å²) in [5.74, 6) is -0.391. The summed E-state index contributed by atoms with van der Waals surface area (Å²) >= 11 is 0. The molecule has 0 amide bonds. The molecule has 220 valence electrons. The summed E-state index contributed by atoms with van der Waals surface area (Å²) in [5.41, 5.74) is -1.82. The van der Waals surface area contributed by atoms with Crippen LogP contribution in [0, 0.1) is 34.5 Å². The number of fused-ring (bicyclic) bond motifs is 5. The summed E-state index contributed by atoms with van der Waals surface area (Å²) in [6.45, 7) is 5.29. The Kier molecular flexibility index (Phi) is 8.01. The third kappa shape index (κ3) is 4.83. The SMILES string of the molecule is CCOC(=O)O[C@]1(C(=O)COC(=O)CCC2CCCC2)CC[C@H]2[C@@H]3CCC4=CC(=O)CC[C@]4(C)[C@H]3C(=O)C[C@@]21C. The monoisotopic (exact) mass is 556 g/mol. The van der Waals surface area contributed by atoms with E-state index in [1.807, 2.05) is 6.92 Å². The first kappa shape index (κ1) is 29.0. The van der Waals surface area contributed by atoms with Gasteiger partial charge >= 0.3 is 12.1 Å². The van der Waals surface area contributed by atoms with Gasteiger partial charge in [0, 0.05) is 30.6 Å². The number of ether oxygens (including phenoxy) is 3. The number of ketones is 3. The summed E-state index contributed by atoms with van der Waals surface area (Å²) in [7, 11) is 0. The lowest BCUT2D eigenvalue weighted by Crippen LogP contribution is -2.62. The fraction of sp³-hybridized carbons (Fsp3) is 0.781. The van der Waals surface area contributed by atoms with Gasteiger partial charge in [-0.1, -0.05) is 45.1 Å². The van der Waals surface area contributed by atoms with Crippen LogP contribution in [0.4, 0.5) is 4.79 Å². The molecule has 0 bridgehead atoms. The van der Waals surface area contributed by atoms with E-state index in [9.17, 15) is 24.0 Å². The van der Waals surface area contributed by atoms with Gasteiger partial charge in [-0.15, -0.1) is 0 Å². The number of rotatable bonds is 8. The van der Waals surface area contributed by atoms with Crippen LogP contribution in [0.15, 0.2) is 11.6 Å². The van der Waals surface area contributed by atoms with E-state index in [1.54, 1.807) is 13.0 Å². The zero-order valence-corrected chi connectivity index (χ0v) is 24.3. The predicted octanol–water partition coefficient (Wildman–Crippen LogP) is 5.69. The molecule has 40 heavy (non-hydrogen) atoms. The minimum Gasteiger partial charge on any atom is -0.457 e. The summed E-state index contributed by atoms with van der Waals surface area (Å²) in [5, 5.41) is 0. The van der Waals surface area contributed by atoms with Crippen LogP contribution in [0.3, 0.4) is 0 Å². The molecule has 8 heteroatoms. The molecule has 0 spiro atoms. The van der Waals surface area contributed by atoms with Crippen LogP contribution in [0.1, 0.15) is 104 Å².